The number of benzene rings is 4. The molecule has 0 bridgehead atoms. The monoisotopic (exact) mass is 424 g/mol. The SMILES string of the molecule is Cc1ccc(N2C(=O)c3ccccc3N[C@@H]2c2ccc3c4c(cccc24)CC3)cc1Cl. The molecule has 0 spiro atoms. The van der Waals surface area contributed by atoms with Crippen molar-refractivity contribution in [2.24, 2.45) is 0 Å². The van der Waals surface area contributed by atoms with Crippen molar-refractivity contribution in [3.63, 3.8) is 0 Å². The molecule has 0 radical (unpaired) electrons. The van der Waals surface area contributed by atoms with E-state index in [9.17, 15) is 4.79 Å². The number of carbonyl (C=O) groups excluding carboxylic acids is 1. The van der Waals surface area contributed by atoms with Crippen molar-refractivity contribution in [1.29, 1.82) is 0 Å². The molecule has 4 heteroatoms. The molecular weight excluding hydrogens is 404 g/mol. The second-order valence-electron chi connectivity index (χ2n) is 8.35. The van der Waals surface area contributed by atoms with E-state index in [-0.39, 0.29) is 12.1 Å². The lowest BCUT2D eigenvalue weighted by Crippen LogP contribution is -2.43. The molecule has 2 aliphatic rings. The standard InChI is InChI=1S/C27H21ClN2O/c1-16-9-13-19(15-23(16)28)30-26(29-24-8-3-2-6-22(24)27(30)31)21-14-12-18-11-10-17-5-4-7-20(21)25(17)18/h2-9,12-15,26,29H,10-11H2,1H3/t26-/m0/s1. The highest BCUT2D eigenvalue weighted by molar-refractivity contribution is 6.31. The fourth-order valence-electron chi connectivity index (χ4n) is 4.98. The van der Waals surface area contributed by atoms with E-state index < -0.39 is 0 Å². The van der Waals surface area contributed by atoms with E-state index in [2.05, 4.69) is 35.6 Å². The Balaban J connectivity index is 1.59. The quantitative estimate of drug-likeness (QED) is 0.389. The van der Waals surface area contributed by atoms with Crippen LogP contribution >= 0.6 is 11.6 Å². The van der Waals surface area contributed by atoms with Crippen molar-refractivity contribution in [2.75, 3.05) is 10.2 Å². The maximum atomic E-state index is 13.7. The second kappa shape index (κ2) is 6.86. The number of amides is 1. The van der Waals surface area contributed by atoms with Gasteiger partial charge in [-0.15, -0.1) is 0 Å². The first-order chi connectivity index (χ1) is 15.1. The van der Waals surface area contributed by atoms with Crippen molar-refractivity contribution in [3.8, 4) is 0 Å². The first-order valence-electron chi connectivity index (χ1n) is 10.6. The summed E-state index contributed by atoms with van der Waals surface area (Å²) in [5.74, 6) is -0.0254. The Hall–Kier alpha value is -3.30. The van der Waals surface area contributed by atoms with Crippen LogP contribution in [0, 0.1) is 6.92 Å². The van der Waals surface area contributed by atoms with Crippen molar-refractivity contribution >= 4 is 39.7 Å². The second-order valence-corrected chi connectivity index (χ2v) is 8.76. The highest BCUT2D eigenvalue weighted by Gasteiger charge is 2.35. The fraction of sp³-hybridized carbons (Fsp3) is 0.148. The molecule has 0 fully saturated rings. The van der Waals surface area contributed by atoms with E-state index in [1.807, 2.05) is 54.3 Å². The zero-order valence-electron chi connectivity index (χ0n) is 17.2. The normalized spacial score (nSPS) is 17.0. The average Bonchev–Trinajstić information content (AvgIpc) is 3.21. The average molecular weight is 425 g/mol. The third-order valence-electron chi connectivity index (χ3n) is 6.57. The van der Waals surface area contributed by atoms with Crippen LogP contribution in [-0.4, -0.2) is 5.91 Å². The molecule has 1 N–H and O–H groups in total. The number of fused-ring (bicyclic) bond motifs is 1. The third-order valence-corrected chi connectivity index (χ3v) is 6.97. The van der Waals surface area contributed by atoms with Gasteiger partial charge in [0, 0.05) is 22.0 Å². The van der Waals surface area contributed by atoms with Crippen molar-refractivity contribution < 1.29 is 4.79 Å². The molecule has 0 unspecified atom stereocenters. The molecule has 1 atom stereocenters. The minimum Gasteiger partial charge on any atom is -0.360 e. The molecule has 4 aromatic carbocycles. The third kappa shape index (κ3) is 2.77. The Labute approximate surface area is 186 Å². The minimum atomic E-state index is -0.328. The maximum absolute atomic E-state index is 13.7. The molecule has 6 rings (SSSR count). The van der Waals surface area contributed by atoms with Crippen molar-refractivity contribution in [3.05, 3.63) is 106 Å². The number of anilines is 2. The molecule has 152 valence electrons. The molecule has 1 aliphatic heterocycles. The first kappa shape index (κ1) is 18.5. The van der Waals surface area contributed by atoms with E-state index in [1.54, 1.807) is 0 Å². The zero-order valence-corrected chi connectivity index (χ0v) is 17.9. The first-order valence-corrected chi connectivity index (χ1v) is 11.0. The molecule has 3 nitrogen and oxygen atoms in total. The fourth-order valence-corrected chi connectivity index (χ4v) is 5.15. The number of nitrogens with one attached hydrogen (secondary N) is 1. The summed E-state index contributed by atoms with van der Waals surface area (Å²) >= 11 is 6.46. The lowest BCUT2D eigenvalue weighted by Gasteiger charge is -2.39. The topological polar surface area (TPSA) is 32.3 Å². The summed E-state index contributed by atoms with van der Waals surface area (Å²) < 4.78 is 0. The Bertz CT molecular complexity index is 1370. The maximum Gasteiger partial charge on any atom is 0.262 e. The van der Waals surface area contributed by atoms with Gasteiger partial charge in [-0.25, -0.2) is 0 Å². The van der Waals surface area contributed by atoms with Crippen molar-refractivity contribution in [1.82, 2.24) is 0 Å². The van der Waals surface area contributed by atoms with E-state index in [0.717, 1.165) is 35.3 Å². The summed E-state index contributed by atoms with van der Waals surface area (Å²) in [6.45, 7) is 1.97. The summed E-state index contributed by atoms with van der Waals surface area (Å²) in [5, 5.41) is 6.85. The predicted molar refractivity (Wildman–Crippen MR) is 127 cm³/mol. The number of hydrogen-bond acceptors (Lipinski definition) is 2. The Morgan fingerprint density at radius 3 is 2.58 bits per heavy atom. The molecule has 31 heavy (non-hydrogen) atoms. The number of para-hydroxylation sites is 1. The van der Waals surface area contributed by atoms with Gasteiger partial charge in [-0.2, -0.15) is 0 Å². The van der Waals surface area contributed by atoms with Crippen LogP contribution in [0.25, 0.3) is 10.8 Å². The lowest BCUT2D eigenvalue weighted by atomic mass is 9.95. The largest absolute Gasteiger partial charge is 0.360 e. The van der Waals surface area contributed by atoms with Gasteiger partial charge in [-0.3, -0.25) is 9.69 Å². The van der Waals surface area contributed by atoms with Gasteiger partial charge in [0.05, 0.1) is 5.56 Å². The summed E-state index contributed by atoms with van der Waals surface area (Å²) in [7, 11) is 0. The van der Waals surface area contributed by atoms with E-state index in [4.69, 9.17) is 11.6 Å². The number of halogens is 1. The highest BCUT2D eigenvalue weighted by Crippen LogP contribution is 2.42. The van der Waals surface area contributed by atoms with Gasteiger partial charge in [-0.1, -0.05) is 60.1 Å². The predicted octanol–water partition coefficient (Wildman–Crippen LogP) is 6.67. The highest BCUT2D eigenvalue weighted by atomic mass is 35.5. The van der Waals surface area contributed by atoms with Gasteiger partial charge in [-0.05, 0) is 71.5 Å². The van der Waals surface area contributed by atoms with Gasteiger partial charge in [0.2, 0.25) is 0 Å². The van der Waals surface area contributed by atoms with E-state index in [1.165, 1.54) is 21.9 Å². The summed E-state index contributed by atoms with van der Waals surface area (Å²) in [5.41, 5.74) is 7.18. The Morgan fingerprint density at radius 1 is 0.935 bits per heavy atom. The minimum absolute atomic E-state index is 0.0254. The number of nitrogens with zero attached hydrogens (tertiary/aromatic N) is 1. The number of aryl methyl sites for hydroxylation is 3. The smallest absolute Gasteiger partial charge is 0.262 e. The van der Waals surface area contributed by atoms with Crippen LogP contribution in [-0.2, 0) is 12.8 Å². The zero-order chi connectivity index (χ0) is 21.1. The summed E-state index contributed by atoms with van der Waals surface area (Å²) in [4.78, 5) is 15.6. The molecule has 0 aromatic heterocycles. The van der Waals surface area contributed by atoms with Crippen molar-refractivity contribution in [2.45, 2.75) is 25.9 Å². The van der Waals surface area contributed by atoms with Gasteiger partial charge in [0.1, 0.15) is 6.17 Å². The summed E-state index contributed by atoms with van der Waals surface area (Å²) in [6.07, 6.45) is 1.83. The molecule has 1 heterocycles. The van der Waals surface area contributed by atoms with Crippen LogP contribution in [0.3, 0.4) is 0 Å². The number of carbonyl (C=O) groups is 1. The molecule has 1 amide bonds. The van der Waals surface area contributed by atoms with Crippen LogP contribution in [0.2, 0.25) is 5.02 Å². The van der Waals surface area contributed by atoms with Crippen LogP contribution in [0.15, 0.2) is 72.8 Å². The summed E-state index contributed by atoms with van der Waals surface area (Å²) in [6, 6.07) is 24.5. The number of hydrogen-bond donors (Lipinski definition) is 1. The van der Waals surface area contributed by atoms with E-state index >= 15 is 0 Å². The van der Waals surface area contributed by atoms with Gasteiger partial charge in [0.15, 0.2) is 0 Å². The molecule has 4 aromatic rings. The van der Waals surface area contributed by atoms with E-state index in [0.29, 0.717) is 10.6 Å². The van der Waals surface area contributed by atoms with Crippen LogP contribution in [0.4, 0.5) is 11.4 Å². The molecular formula is C27H21ClN2O. The van der Waals surface area contributed by atoms with Gasteiger partial charge < -0.3 is 5.32 Å². The Morgan fingerprint density at radius 2 is 1.74 bits per heavy atom. The van der Waals surface area contributed by atoms with Crippen LogP contribution in [0.1, 0.15) is 38.8 Å². The Kier molecular flexibility index (Phi) is 4.09. The van der Waals surface area contributed by atoms with Crippen LogP contribution in [0.5, 0.6) is 0 Å². The molecule has 0 saturated heterocycles. The van der Waals surface area contributed by atoms with Gasteiger partial charge >= 0.3 is 0 Å². The lowest BCUT2D eigenvalue weighted by molar-refractivity contribution is 0.0975. The molecule has 0 saturated carbocycles. The number of rotatable bonds is 2. The molecule has 1 aliphatic carbocycles. The van der Waals surface area contributed by atoms with Gasteiger partial charge in [0.25, 0.3) is 5.91 Å². The van der Waals surface area contributed by atoms with Crippen LogP contribution < -0.4 is 10.2 Å².